The van der Waals surface area contributed by atoms with Crippen molar-refractivity contribution in [1.82, 2.24) is 31.5 Å². The van der Waals surface area contributed by atoms with Crippen molar-refractivity contribution in [3.05, 3.63) is 12.2 Å². The molecule has 1 aliphatic rings. The van der Waals surface area contributed by atoms with E-state index in [4.69, 9.17) is 76.1 Å². The zero-order chi connectivity index (χ0) is 56.8. The normalized spacial score (nSPS) is 12.0. The largest absolute Gasteiger partial charge is 0.379 e. The molecule has 0 fully saturated rings. The van der Waals surface area contributed by atoms with Gasteiger partial charge in [-0.1, -0.05) is 17.8 Å². The molecule has 1 rings (SSSR count). The Morgan fingerprint density at radius 2 is 0.641 bits per heavy atom. The van der Waals surface area contributed by atoms with Crippen LogP contribution in [0, 0.1) is 37.0 Å². The SMILES string of the molecule is C#CCOCCOCCOCCNC(=O)CCC(CCC(=O)NCCOCCOCCOCC#C)(CCC(=O)NCCOCCOCCOCC#C)NC(=O)CCOCCOCCOCCC(=O)NCCN1C(=O)C=CC1=O. The van der Waals surface area contributed by atoms with Crippen LogP contribution < -0.4 is 26.6 Å². The topological polar surface area (TPSA) is 294 Å². The summed E-state index contributed by atoms with van der Waals surface area (Å²) >= 11 is 0. The monoisotopic (exact) mass is 1110 g/mol. The lowest BCUT2D eigenvalue weighted by atomic mass is 9.83. The van der Waals surface area contributed by atoms with Gasteiger partial charge in [0.05, 0.1) is 139 Å². The summed E-state index contributed by atoms with van der Waals surface area (Å²) in [5.74, 6) is 4.62. The molecule has 0 unspecified atom stereocenters. The summed E-state index contributed by atoms with van der Waals surface area (Å²) < 4.78 is 65.1. The molecule has 25 nitrogen and oxygen atoms in total. The highest BCUT2D eigenvalue weighted by molar-refractivity contribution is 6.12. The van der Waals surface area contributed by atoms with Crippen LogP contribution in [0.15, 0.2) is 12.2 Å². The van der Waals surface area contributed by atoms with Crippen molar-refractivity contribution in [2.24, 2.45) is 0 Å². The predicted molar refractivity (Wildman–Crippen MR) is 282 cm³/mol. The second kappa shape index (κ2) is 50.9. The van der Waals surface area contributed by atoms with Gasteiger partial charge in [-0.2, -0.15) is 0 Å². The van der Waals surface area contributed by atoms with Gasteiger partial charge in [-0.15, -0.1) is 19.3 Å². The van der Waals surface area contributed by atoms with Crippen LogP contribution in [0.1, 0.15) is 51.4 Å². The Morgan fingerprint density at radius 1 is 0.372 bits per heavy atom. The maximum atomic E-state index is 13.6. The number of rotatable bonds is 55. The van der Waals surface area contributed by atoms with Crippen LogP contribution in [0.25, 0.3) is 0 Å². The van der Waals surface area contributed by atoms with E-state index < -0.39 is 23.3 Å². The van der Waals surface area contributed by atoms with E-state index in [1.165, 1.54) is 12.2 Å². The fourth-order valence-electron chi connectivity index (χ4n) is 6.66. The van der Waals surface area contributed by atoms with Gasteiger partial charge >= 0.3 is 0 Å². The minimum atomic E-state index is -1.17. The maximum Gasteiger partial charge on any atom is 0.253 e. The van der Waals surface area contributed by atoms with Crippen molar-refractivity contribution in [3.8, 4) is 37.0 Å². The molecule has 0 bridgehead atoms. The summed E-state index contributed by atoms with van der Waals surface area (Å²) in [5, 5.41) is 14.2. The molecule has 0 radical (unpaired) electrons. The van der Waals surface area contributed by atoms with E-state index in [1.54, 1.807) is 0 Å². The molecule has 1 aliphatic heterocycles. The Hall–Kier alpha value is -5.57. The molecule has 0 saturated heterocycles. The molecule has 0 aromatic rings. The minimum absolute atomic E-state index is 0.0225. The third kappa shape index (κ3) is 42.5. The molecule has 0 atom stereocenters. The second-order valence-corrected chi connectivity index (χ2v) is 16.7. The number of hydrogen-bond acceptors (Lipinski definition) is 19. The molecule has 0 aromatic heterocycles. The third-order valence-corrected chi connectivity index (χ3v) is 10.6. The van der Waals surface area contributed by atoms with Crippen molar-refractivity contribution < 1.29 is 90.4 Å². The quantitative estimate of drug-likeness (QED) is 0.0262. The molecular formula is C53H84N6O19. The fraction of sp³-hybridized carbons (Fsp3) is 0.717. The van der Waals surface area contributed by atoms with Gasteiger partial charge < -0.3 is 83.4 Å². The first-order valence-corrected chi connectivity index (χ1v) is 26.2. The summed E-state index contributed by atoms with van der Waals surface area (Å²) in [5.41, 5.74) is -1.17. The molecule has 440 valence electrons. The molecule has 78 heavy (non-hydrogen) atoms. The van der Waals surface area contributed by atoms with Crippen LogP contribution in [-0.2, 0) is 90.4 Å². The first-order chi connectivity index (χ1) is 38.1. The van der Waals surface area contributed by atoms with E-state index in [-0.39, 0.29) is 187 Å². The number of ether oxygens (including phenoxy) is 12. The Bertz CT molecular complexity index is 1680. The molecule has 0 aliphatic carbocycles. The van der Waals surface area contributed by atoms with Crippen molar-refractivity contribution in [2.75, 3.05) is 191 Å². The zero-order valence-corrected chi connectivity index (χ0v) is 45.3. The standard InChI is InChI=1S/C53H84N6O19/c1-4-22-67-30-38-75-43-35-72-27-18-55-46(60)9-14-53(15-10-47(61)56-19-28-73-36-44-76-39-31-68-23-5-2,16-11-48(62)57-20-29-74-37-45-77-40-32-69-24-6-3)58-50(64)13-26-71-34-42-78-41-33-70-25-12-49(63)54-17-21-59-51(65)7-8-52(59)66/h1-3,7-8H,9-45H2,(H,54,63)(H,55,60)(H,56,61)(H,57,62)(H,58,64). The Balaban J connectivity index is 2.78. The van der Waals surface area contributed by atoms with E-state index in [2.05, 4.69) is 44.3 Å². The van der Waals surface area contributed by atoms with Gasteiger partial charge in [-0.3, -0.25) is 38.5 Å². The van der Waals surface area contributed by atoms with Crippen LogP contribution in [0.2, 0.25) is 0 Å². The summed E-state index contributed by atoms with van der Waals surface area (Å²) in [6, 6.07) is 0. The highest BCUT2D eigenvalue weighted by Gasteiger charge is 2.33. The summed E-state index contributed by atoms with van der Waals surface area (Å²) in [6.45, 7) is 7.11. The van der Waals surface area contributed by atoms with E-state index in [0.29, 0.717) is 79.3 Å². The van der Waals surface area contributed by atoms with Crippen LogP contribution >= 0.6 is 0 Å². The lowest BCUT2D eigenvalue weighted by Crippen LogP contribution is -2.51. The number of nitrogens with zero attached hydrogens (tertiary/aromatic N) is 1. The van der Waals surface area contributed by atoms with Gasteiger partial charge in [0.1, 0.15) is 19.8 Å². The fourth-order valence-corrected chi connectivity index (χ4v) is 6.66. The highest BCUT2D eigenvalue weighted by Crippen LogP contribution is 2.26. The van der Waals surface area contributed by atoms with Gasteiger partial charge in [-0.25, -0.2) is 0 Å². The van der Waals surface area contributed by atoms with Gasteiger partial charge in [0.2, 0.25) is 29.5 Å². The van der Waals surface area contributed by atoms with E-state index >= 15 is 0 Å². The minimum Gasteiger partial charge on any atom is -0.379 e. The van der Waals surface area contributed by atoms with Crippen molar-refractivity contribution in [2.45, 2.75) is 56.9 Å². The van der Waals surface area contributed by atoms with Crippen LogP contribution in [0.3, 0.4) is 0 Å². The average molecular weight is 1110 g/mol. The maximum absolute atomic E-state index is 13.6. The molecule has 0 spiro atoms. The van der Waals surface area contributed by atoms with Crippen LogP contribution in [-0.4, -0.2) is 243 Å². The molecule has 0 aromatic carbocycles. The molecule has 0 saturated carbocycles. The first-order valence-electron chi connectivity index (χ1n) is 26.2. The lowest BCUT2D eigenvalue weighted by Gasteiger charge is -2.35. The molecular weight excluding hydrogens is 1020 g/mol. The van der Waals surface area contributed by atoms with Gasteiger partial charge in [0.15, 0.2) is 0 Å². The van der Waals surface area contributed by atoms with E-state index in [9.17, 15) is 33.6 Å². The number of imide groups is 1. The number of carbonyl (C=O) groups is 7. The zero-order valence-electron chi connectivity index (χ0n) is 45.3. The number of terminal acetylenes is 3. The Morgan fingerprint density at radius 3 is 0.974 bits per heavy atom. The lowest BCUT2D eigenvalue weighted by molar-refractivity contribution is -0.137. The first kappa shape index (κ1) is 70.4. The molecule has 7 amide bonds. The Labute approximate surface area is 459 Å². The highest BCUT2D eigenvalue weighted by atomic mass is 16.6. The Kier molecular flexibility index (Phi) is 46.0. The van der Waals surface area contributed by atoms with Gasteiger partial charge in [0.25, 0.3) is 11.8 Å². The van der Waals surface area contributed by atoms with Crippen LogP contribution in [0.4, 0.5) is 0 Å². The van der Waals surface area contributed by atoms with Crippen LogP contribution in [0.5, 0.6) is 0 Å². The van der Waals surface area contributed by atoms with Crippen molar-refractivity contribution >= 4 is 41.4 Å². The molecule has 25 heteroatoms. The smallest absolute Gasteiger partial charge is 0.253 e. The number of nitrogens with one attached hydrogen (secondary N) is 5. The molecule has 5 N–H and O–H groups in total. The molecule has 1 heterocycles. The second-order valence-electron chi connectivity index (χ2n) is 16.7. The van der Waals surface area contributed by atoms with Gasteiger partial charge in [0, 0.05) is 82.5 Å². The third-order valence-electron chi connectivity index (χ3n) is 10.6. The van der Waals surface area contributed by atoms with Crippen molar-refractivity contribution in [3.63, 3.8) is 0 Å². The van der Waals surface area contributed by atoms with Gasteiger partial charge in [-0.05, 0) is 19.3 Å². The predicted octanol–water partition coefficient (Wildman–Crippen LogP) is -1.55. The number of amides is 7. The summed E-state index contributed by atoms with van der Waals surface area (Å²) in [4.78, 5) is 89.6. The number of carbonyl (C=O) groups excluding carboxylic acids is 7. The van der Waals surface area contributed by atoms with Crippen molar-refractivity contribution in [1.29, 1.82) is 0 Å². The number of hydrogen-bond donors (Lipinski definition) is 5. The summed E-state index contributed by atoms with van der Waals surface area (Å²) in [6.07, 6.45) is 18.0. The summed E-state index contributed by atoms with van der Waals surface area (Å²) in [7, 11) is 0. The van der Waals surface area contributed by atoms with E-state index in [0.717, 1.165) is 4.90 Å². The van der Waals surface area contributed by atoms with E-state index in [1.807, 2.05) is 0 Å². The average Bonchev–Trinajstić information content (AvgIpc) is 3.76.